The van der Waals surface area contributed by atoms with Crippen molar-refractivity contribution in [2.75, 3.05) is 5.32 Å². The molecule has 0 radical (unpaired) electrons. The Morgan fingerprint density at radius 2 is 1.76 bits per heavy atom. The highest BCUT2D eigenvalue weighted by Gasteiger charge is 2.17. The first-order valence-corrected chi connectivity index (χ1v) is 10.5. The lowest BCUT2D eigenvalue weighted by molar-refractivity contribution is 0.102. The molecule has 10 heteroatoms. The number of rotatable bonds is 4. The third kappa shape index (κ3) is 3.90. The van der Waals surface area contributed by atoms with E-state index in [2.05, 4.69) is 25.5 Å². The summed E-state index contributed by atoms with van der Waals surface area (Å²) in [7, 11) is 0. The van der Waals surface area contributed by atoms with E-state index in [-0.39, 0.29) is 17.4 Å². The Labute approximate surface area is 192 Å². The third-order valence-electron chi connectivity index (χ3n) is 5.08. The molecule has 0 atom stereocenters. The van der Waals surface area contributed by atoms with Crippen LogP contribution in [0.3, 0.4) is 0 Å². The zero-order valence-corrected chi connectivity index (χ0v) is 18.5. The molecule has 1 amide bonds. The first-order chi connectivity index (χ1) is 15.9. The lowest BCUT2D eigenvalue weighted by Crippen LogP contribution is -2.19. The van der Waals surface area contributed by atoms with Gasteiger partial charge in [-0.2, -0.15) is 19.9 Å². The van der Waals surface area contributed by atoms with Crippen molar-refractivity contribution >= 4 is 34.4 Å². The second-order valence-electron chi connectivity index (χ2n) is 7.56. The molecule has 0 saturated carbocycles. The monoisotopic (exact) mass is 459 g/mol. The Hall–Kier alpha value is -4.24. The highest BCUT2D eigenvalue weighted by atomic mass is 35.5. The Kier molecular flexibility index (Phi) is 5.02. The van der Waals surface area contributed by atoms with Crippen molar-refractivity contribution in [2.45, 2.75) is 13.8 Å². The van der Waals surface area contributed by atoms with E-state index >= 15 is 0 Å². The molecular formula is C23H18ClN7O2. The van der Waals surface area contributed by atoms with Crippen LogP contribution in [-0.4, -0.2) is 35.4 Å². The van der Waals surface area contributed by atoms with Crippen LogP contribution in [0.25, 0.3) is 22.7 Å². The van der Waals surface area contributed by atoms with Gasteiger partial charge in [-0.3, -0.25) is 14.6 Å². The van der Waals surface area contributed by atoms with E-state index in [1.54, 1.807) is 54.1 Å². The molecule has 3 heterocycles. The lowest BCUT2D eigenvalue weighted by Gasteiger charge is -2.09. The van der Waals surface area contributed by atoms with E-state index in [9.17, 15) is 9.59 Å². The average Bonchev–Trinajstić information content (AvgIpc) is 3.38. The summed E-state index contributed by atoms with van der Waals surface area (Å²) in [4.78, 5) is 32.8. The number of nitrogens with zero attached hydrogens (tertiary/aromatic N) is 5. The van der Waals surface area contributed by atoms with Crippen LogP contribution in [-0.2, 0) is 0 Å². The second-order valence-corrected chi connectivity index (χ2v) is 8.00. The van der Waals surface area contributed by atoms with Gasteiger partial charge >= 0.3 is 0 Å². The van der Waals surface area contributed by atoms with Crippen LogP contribution in [0.15, 0.2) is 65.6 Å². The van der Waals surface area contributed by atoms with Gasteiger partial charge in [0.25, 0.3) is 11.5 Å². The predicted octanol–water partition coefficient (Wildman–Crippen LogP) is 3.82. The highest BCUT2D eigenvalue weighted by molar-refractivity contribution is 6.30. The number of benzene rings is 2. The Morgan fingerprint density at radius 3 is 2.48 bits per heavy atom. The van der Waals surface area contributed by atoms with Crippen LogP contribution < -0.4 is 10.9 Å². The van der Waals surface area contributed by atoms with Gasteiger partial charge in [-0.25, -0.2) is 4.68 Å². The van der Waals surface area contributed by atoms with Gasteiger partial charge in [-0.05, 0) is 50.2 Å². The van der Waals surface area contributed by atoms with E-state index < -0.39 is 0 Å². The van der Waals surface area contributed by atoms with Crippen molar-refractivity contribution in [3.63, 3.8) is 0 Å². The van der Waals surface area contributed by atoms with E-state index in [0.717, 1.165) is 5.56 Å². The molecule has 0 bridgehead atoms. The fourth-order valence-electron chi connectivity index (χ4n) is 3.42. The van der Waals surface area contributed by atoms with Crippen LogP contribution in [0.2, 0.25) is 5.02 Å². The van der Waals surface area contributed by atoms with Crippen LogP contribution in [0.5, 0.6) is 0 Å². The van der Waals surface area contributed by atoms with Gasteiger partial charge in [0.2, 0.25) is 5.95 Å². The normalized spacial score (nSPS) is 11.1. The largest absolute Gasteiger partial charge is 0.306 e. The van der Waals surface area contributed by atoms with E-state index in [4.69, 9.17) is 11.6 Å². The summed E-state index contributed by atoms with van der Waals surface area (Å²) in [6.07, 6.45) is 1.45. The topological polar surface area (TPSA) is 110 Å². The molecule has 33 heavy (non-hydrogen) atoms. The Morgan fingerprint density at radius 1 is 1.03 bits per heavy atom. The first kappa shape index (κ1) is 20.7. The number of aromatic nitrogens is 6. The zero-order chi connectivity index (χ0) is 23.1. The zero-order valence-electron chi connectivity index (χ0n) is 17.7. The Balaban J connectivity index is 1.58. The summed E-state index contributed by atoms with van der Waals surface area (Å²) < 4.78 is 2.94. The number of carbonyl (C=O) groups excluding carboxylic acids is 1. The standard InChI is InChI=1S/C23H18ClN7O2/c1-13-3-5-15(6-4-13)21(32)26-19-11-14(2)29-31(19)23-27-20-18(22(33)28-23)12-25-30(20)17-9-7-16(24)8-10-17/h3-12H,1-2H3,(H,26,32)(H,27,28,33). The number of anilines is 1. The van der Waals surface area contributed by atoms with Crippen molar-refractivity contribution < 1.29 is 4.79 Å². The smallest absolute Gasteiger partial charge is 0.263 e. The number of hydrogen-bond acceptors (Lipinski definition) is 5. The number of halogens is 1. The molecule has 0 aliphatic heterocycles. The SMILES string of the molecule is Cc1ccc(C(=O)Nc2cc(C)nn2-c2nc3c(cnn3-c3ccc(Cl)cc3)c(=O)[nH]2)cc1. The van der Waals surface area contributed by atoms with Crippen molar-refractivity contribution in [2.24, 2.45) is 0 Å². The van der Waals surface area contributed by atoms with Gasteiger partial charge in [0.05, 0.1) is 17.6 Å². The average molecular weight is 460 g/mol. The number of H-pyrrole nitrogens is 1. The fourth-order valence-corrected chi connectivity index (χ4v) is 3.55. The van der Waals surface area contributed by atoms with Gasteiger partial charge in [0.15, 0.2) is 5.65 Å². The van der Waals surface area contributed by atoms with E-state index in [1.807, 2.05) is 19.1 Å². The van der Waals surface area contributed by atoms with Crippen molar-refractivity contribution in [3.05, 3.63) is 93.0 Å². The molecule has 0 fully saturated rings. The summed E-state index contributed by atoms with van der Waals surface area (Å²) in [6, 6.07) is 15.9. The number of aromatic amines is 1. The van der Waals surface area contributed by atoms with Gasteiger partial charge in [-0.1, -0.05) is 29.3 Å². The molecule has 9 nitrogen and oxygen atoms in total. The molecule has 5 aromatic rings. The van der Waals surface area contributed by atoms with Crippen molar-refractivity contribution in [1.82, 2.24) is 29.5 Å². The maximum absolute atomic E-state index is 12.8. The Bertz CT molecular complexity index is 1550. The number of carbonyl (C=O) groups is 1. The number of amides is 1. The van der Waals surface area contributed by atoms with Gasteiger partial charge < -0.3 is 5.32 Å². The highest BCUT2D eigenvalue weighted by Crippen LogP contribution is 2.20. The summed E-state index contributed by atoms with van der Waals surface area (Å²) in [5.74, 6) is 0.222. The number of aryl methyl sites for hydroxylation is 2. The predicted molar refractivity (Wildman–Crippen MR) is 125 cm³/mol. The summed E-state index contributed by atoms with van der Waals surface area (Å²) >= 11 is 5.99. The molecule has 3 aromatic heterocycles. The van der Waals surface area contributed by atoms with Crippen LogP contribution in [0, 0.1) is 13.8 Å². The maximum atomic E-state index is 12.8. The van der Waals surface area contributed by atoms with Crippen LogP contribution in [0.4, 0.5) is 5.82 Å². The molecule has 0 saturated heterocycles. The minimum atomic E-state index is -0.376. The van der Waals surface area contributed by atoms with E-state index in [1.165, 1.54) is 10.9 Å². The third-order valence-corrected chi connectivity index (χ3v) is 5.34. The molecule has 2 aromatic carbocycles. The maximum Gasteiger partial charge on any atom is 0.263 e. The first-order valence-electron chi connectivity index (χ1n) is 10.1. The quantitative estimate of drug-likeness (QED) is 0.424. The van der Waals surface area contributed by atoms with Crippen molar-refractivity contribution in [3.8, 4) is 11.6 Å². The van der Waals surface area contributed by atoms with Gasteiger partial charge in [0.1, 0.15) is 11.2 Å². The lowest BCUT2D eigenvalue weighted by atomic mass is 10.1. The number of nitrogens with one attached hydrogen (secondary N) is 2. The minimum absolute atomic E-state index is 0.149. The summed E-state index contributed by atoms with van der Waals surface area (Å²) in [6.45, 7) is 3.74. The number of hydrogen-bond donors (Lipinski definition) is 2. The molecule has 5 rings (SSSR count). The van der Waals surface area contributed by atoms with Gasteiger partial charge in [-0.15, -0.1) is 0 Å². The minimum Gasteiger partial charge on any atom is -0.306 e. The molecule has 0 aliphatic rings. The van der Waals surface area contributed by atoms with Crippen LogP contribution >= 0.6 is 11.6 Å². The number of fused-ring (bicyclic) bond motifs is 1. The van der Waals surface area contributed by atoms with Gasteiger partial charge in [0, 0.05) is 16.7 Å². The molecule has 0 aliphatic carbocycles. The molecular weight excluding hydrogens is 442 g/mol. The summed E-state index contributed by atoms with van der Waals surface area (Å²) in [5, 5.41) is 12.5. The fraction of sp³-hybridized carbons (Fsp3) is 0.0870. The summed E-state index contributed by atoms with van der Waals surface area (Å²) in [5.41, 5.74) is 2.87. The molecule has 2 N–H and O–H groups in total. The second kappa shape index (κ2) is 8.03. The molecule has 164 valence electrons. The molecule has 0 unspecified atom stereocenters. The van der Waals surface area contributed by atoms with Crippen LogP contribution in [0.1, 0.15) is 21.6 Å². The van der Waals surface area contributed by atoms with E-state index in [0.29, 0.717) is 38.8 Å². The van der Waals surface area contributed by atoms with Crippen molar-refractivity contribution in [1.29, 1.82) is 0 Å². The molecule has 0 spiro atoms.